The summed E-state index contributed by atoms with van der Waals surface area (Å²) in [4.78, 5) is 36.6. The molecule has 0 saturated carbocycles. The van der Waals surface area contributed by atoms with E-state index in [0.717, 1.165) is 16.1 Å². The Kier molecular flexibility index (Phi) is 4.60. The maximum atomic E-state index is 13.4. The van der Waals surface area contributed by atoms with Gasteiger partial charge in [0.25, 0.3) is 5.91 Å². The van der Waals surface area contributed by atoms with Crippen LogP contribution in [0.2, 0.25) is 0 Å². The molecule has 3 heterocycles. The maximum Gasteiger partial charge on any atom is 0.296 e. The van der Waals surface area contributed by atoms with E-state index in [2.05, 4.69) is 9.97 Å². The summed E-state index contributed by atoms with van der Waals surface area (Å²) in [6, 6.07) is 6.82. The van der Waals surface area contributed by atoms with Gasteiger partial charge >= 0.3 is 0 Å². The number of carbonyl (C=O) groups excluding carboxylic acids is 2. The van der Waals surface area contributed by atoms with Crippen LogP contribution in [0.4, 0.5) is 5.13 Å². The number of Topliss-reactive ketones (excluding diaryl/α,β-unsaturated/α-hetero) is 1. The van der Waals surface area contributed by atoms with Crippen LogP contribution >= 0.6 is 22.7 Å². The number of aliphatic hydroxyl groups excluding tert-OH is 1. The molecule has 142 valence electrons. The van der Waals surface area contributed by atoms with Gasteiger partial charge in [-0.1, -0.05) is 29.8 Å². The third-order valence-corrected chi connectivity index (χ3v) is 6.42. The van der Waals surface area contributed by atoms with Gasteiger partial charge in [0.2, 0.25) is 5.78 Å². The van der Waals surface area contributed by atoms with Crippen molar-refractivity contribution in [3.8, 4) is 0 Å². The highest BCUT2D eigenvalue weighted by molar-refractivity contribution is 7.14. The monoisotopic (exact) mass is 411 g/mol. The van der Waals surface area contributed by atoms with Crippen molar-refractivity contribution >= 4 is 39.5 Å². The van der Waals surface area contributed by atoms with Crippen LogP contribution in [0.15, 0.2) is 47.2 Å². The van der Waals surface area contributed by atoms with E-state index in [0.29, 0.717) is 15.7 Å². The molecule has 6 nitrogen and oxygen atoms in total. The molecule has 4 rings (SSSR count). The van der Waals surface area contributed by atoms with Crippen LogP contribution in [-0.2, 0) is 4.79 Å². The number of hydrogen-bond donors (Lipinski definition) is 1. The van der Waals surface area contributed by atoms with Gasteiger partial charge in [0, 0.05) is 11.6 Å². The Morgan fingerprint density at radius 2 is 1.89 bits per heavy atom. The van der Waals surface area contributed by atoms with Gasteiger partial charge in [0.1, 0.15) is 0 Å². The van der Waals surface area contributed by atoms with Gasteiger partial charge in [0.05, 0.1) is 27.2 Å². The zero-order chi connectivity index (χ0) is 20.0. The molecule has 0 saturated heterocycles. The number of carbonyl (C=O) groups is 2. The summed E-state index contributed by atoms with van der Waals surface area (Å²) < 4.78 is 0. The van der Waals surface area contributed by atoms with Crippen molar-refractivity contribution in [1.82, 2.24) is 9.97 Å². The molecule has 3 aromatic rings. The first-order valence-corrected chi connectivity index (χ1v) is 10.3. The standard InChI is InChI=1S/C20H17N3O3S2/c1-10-4-6-13(7-5-10)15-14(16(24)18-11(2)22-12(3)28-18)17(25)19(26)23(15)20-21-8-9-27-20/h4-9,15,25H,1-3H3. The van der Waals surface area contributed by atoms with E-state index in [1.165, 1.54) is 27.6 Å². The molecule has 28 heavy (non-hydrogen) atoms. The molecule has 0 bridgehead atoms. The van der Waals surface area contributed by atoms with E-state index in [9.17, 15) is 14.7 Å². The molecule has 1 aliphatic rings. The van der Waals surface area contributed by atoms with Crippen molar-refractivity contribution in [3.05, 3.63) is 73.9 Å². The lowest BCUT2D eigenvalue weighted by Crippen LogP contribution is -2.30. The average molecular weight is 412 g/mol. The van der Waals surface area contributed by atoms with Crippen LogP contribution in [-0.4, -0.2) is 26.8 Å². The molecule has 1 atom stereocenters. The van der Waals surface area contributed by atoms with Gasteiger partial charge in [-0.15, -0.1) is 22.7 Å². The van der Waals surface area contributed by atoms with E-state index in [4.69, 9.17) is 0 Å². The number of anilines is 1. The minimum absolute atomic E-state index is 0.0656. The highest BCUT2D eigenvalue weighted by Gasteiger charge is 2.46. The number of thiazole rings is 2. The zero-order valence-corrected chi connectivity index (χ0v) is 17.1. The number of nitrogens with zero attached hydrogens (tertiary/aromatic N) is 3. The van der Waals surface area contributed by atoms with Gasteiger partial charge in [-0.25, -0.2) is 9.97 Å². The van der Waals surface area contributed by atoms with E-state index >= 15 is 0 Å². The Hall–Kier alpha value is -2.84. The lowest BCUT2D eigenvalue weighted by atomic mass is 9.94. The third kappa shape index (κ3) is 2.94. The van der Waals surface area contributed by atoms with Crippen molar-refractivity contribution in [2.45, 2.75) is 26.8 Å². The average Bonchev–Trinajstić information content (AvgIpc) is 3.35. The number of rotatable bonds is 4. The largest absolute Gasteiger partial charge is 0.503 e. The molecule has 2 aromatic heterocycles. The quantitative estimate of drug-likeness (QED) is 0.647. The topological polar surface area (TPSA) is 83.4 Å². The van der Waals surface area contributed by atoms with Crippen molar-refractivity contribution in [1.29, 1.82) is 0 Å². The Bertz CT molecular complexity index is 1100. The molecule has 0 radical (unpaired) electrons. The lowest BCUT2D eigenvalue weighted by molar-refractivity contribution is -0.117. The van der Waals surface area contributed by atoms with Gasteiger partial charge in [-0.3, -0.25) is 14.5 Å². The first-order chi connectivity index (χ1) is 13.4. The SMILES string of the molecule is Cc1ccc(C2C(C(=O)c3sc(C)nc3C)=C(O)C(=O)N2c2nccs2)cc1. The predicted molar refractivity (Wildman–Crippen MR) is 109 cm³/mol. The van der Waals surface area contributed by atoms with Crippen LogP contribution in [0.25, 0.3) is 0 Å². The van der Waals surface area contributed by atoms with E-state index in [1.807, 2.05) is 38.1 Å². The predicted octanol–water partition coefficient (Wildman–Crippen LogP) is 4.31. The Labute approximate surface area is 169 Å². The maximum absolute atomic E-state index is 13.4. The molecule has 1 N–H and O–H groups in total. The number of aromatic nitrogens is 2. The molecule has 0 aliphatic carbocycles. The molecule has 1 aromatic carbocycles. The van der Waals surface area contributed by atoms with Crippen LogP contribution in [0.3, 0.4) is 0 Å². The molecule has 0 spiro atoms. The van der Waals surface area contributed by atoms with Gasteiger partial charge < -0.3 is 5.11 Å². The number of ketones is 1. The summed E-state index contributed by atoms with van der Waals surface area (Å²) >= 11 is 2.54. The normalized spacial score (nSPS) is 16.9. The summed E-state index contributed by atoms with van der Waals surface area (Å²) in [5.41, 5.74) is 2.45. The van der Waals surface area contributed by atoms with Gasteiger partial charge in [0.15, 0.2) is 10.9 Å². The van der Waals surface area contributed by atoms with Crippen molar-refractivity contribution < 1.29 is 14.7 Å². The van der Waals surface area contributed by atoms with Crippen LogP contribution in [0, 0.1) is 20.8 Å². The summed E-state index contributed by atoms with van der Waals surface area (Å²) in [5, 5.41) is 13.6. The Morgan fingerprint density at radius 1 is 1.18 bits per heavy atom. The number of aliphatic hydroxyl groups is 1. The zero-order valence-electron chi connectivity index (χ0n) is 15.5. The number of aryl methyl sites for hydroxylation is 3. The number of amides is 1. The summed E-state index contributed by atoms with van der Waals surface area (Å²) in [6.45, 7) is 5.54. The first kappa shape index (κ1) is 18.5. The Balaban J connectivity index is 1.89. The fourth-order valence-corrected chi connectivity index (χ4v) is 4.84. The van der Waals surface area contributed by atoms with Gasteiger partial charge in [-0.2, -0.15) is 0 Å². The number of benzene rings is 1. The first-order valence-electron chi connectivity index (χ1n) is 8.60. The molecule has 1 aliphatic heterocycles. The summed E-state index contributed by atoms with van der Waals surface area (Å²) in [5.74, 6) is -1.53. The van der Waals surface area contributed by atoms with E-state index in [-0.39, 0.29) is 11.4 Å². The molecular weight excluding hydrogens is 394 g/mol. The van der Waals surface area contributed by atoms with Crippen LogP contribution < -0.4 is 4.90 Å². The molecule has 8 heteroatoms. The highest BCUT2D eigenvalue weighted by atomic mass is 32.1. The molecule has 0 fully saturated rings. The van der Waals surface area contributed by atoms with E-state index < -0.39 is 17.7 Å². The fraction of sp³-hybridized carbons (Fsp3) is 0.200. The third-order valence-electron chi connectivity index (χ3n) is 4.58. The molecule has 1 unspecified atom stereocenters. The summed E-state index contributed by atoms with van der Waals surface area (Å²) in [6.07, 6.45) is 1.59. The van der Waals surface area contributed by atoms with E-state index in [1.54, 1.807) is 18.5 Å². The second-order valence-corrected chi connectivity index (χ2v) is 8.62. The minimum atomic E-state index is -0.742. The van der Waals surface area contributed by atoms with Crippen LogP contribution in [0.1, 0.15) is 37.5 Å². The summed E-state index contributed by atoms with van der Waals surface area (Å²) in [7, 11) is 0. The lowest BCUT2D eigenvalue weighted by Gasteiger charge is -2.24. The van der Waals surface area contributed by atoms with Crippen LogP contribution in [0.5, 0.6) is 0 Å². The smallest absolute Gasteiger partial charge is 0.296 e. The highest BCUT2D eigenvalue weighted by Crippen LogP contribution is 2.43. The van der Waals surface area contributed by atoms with Crippen molar-refractivity contribution in [3.63, 3.8) is 0 Å². The fourth-order valence-electron chi connectivity index (χ4n) is 3.30. The molecule has 1 amide bonds. The van der Waals surface area contributed by atoms with Gasteiger partial charge in [-0.05, 0) is 26.3 Å². The minimum Gasteiger partial charge on any atom is -0.503 e. The Morgan fingerprint density at radius 3 is 2.46 bits per heavy atom. The second kappa shape index (κ2) is 6.96. The van der Waals surface area contributed by atoms with Crippen molar-refractivity contribution in [2.24, 2.45) is 0 Å². The van der Waals surface area contributed by atoms with Crippen molar-refractivity contribution in [2.75, 3.05) is 4.90 Å². The number of hydrogen-bond acceptors (Lipinski definition) is 7. The molecular formula is C20H17N3O3S2. The second-order valence-electron chi connectivity index (χ2n) is 6.54.